The number of amides is 4. The third-order valence-electron chi connectivity index (χ3n) is 3.96. The van der Waals surface area contributed by atoms with Crippen LogP contribution in [0.25, 0.3) is 6.08 Å². The Bertz CT molecular complexity index is 981. The number of hydrogen-bond donors (Lipinski definition) is 1. The second-order valence-electron chi connectivity index (χ2n) is 5.78. The van der Waals surface area contributed by atoms with E-state index in [2.05, 4.69) is 0 Å². The molecule has 1 heterocycles. The van der Waals surface area contributed by atoms with Crippen LogP contribution in [0.4, 0.5) is 23.7 Å². The van der Waals surface area contributed by atoms with Gasteiger partial charge in [-0.05, 0) is 48.0 Å². The van der Waals surface area contributed by atoms with E-state index in [1.54, 1.807) is 0 Å². The fourth-order valence-corrected chi connectivity index (χ4v) is 2.59. The summed E-state index contributed by atoms with van der Waals surface area (Å²) in [5, 5.41) is 2.01. The topological polar surface area (TPSA) is 75.7 Å². The lowest BCUT2D eigenvalue weighted by atomic mass is 10.0. The number of barbiturate groups is 1. The minimum atomic E-state index is -4.57. The summed E-state index contributed by atoms with van der Waals surface area (Å²) in [4.78, 5) is 37.6. The zero-order chi connectivity index (χ0) is 20.5. The Morgan fingerprint density at radius 2 is 1.71 bits per heavy atom. The van der Waals surface area contributed by atoms with Crippen LogP contribution >= 0.6 is 0 Å². The maximum Gasteiger partial charge on any atom is 0.416 e. The molecule has 0 aromatic heterocycles. The molecule has 6 nitrogen and oxygen atoms in total. The zero-order valence-electron chi connectivity index (χ0n) is 14.4. The zero-order valence-corrected chi connectivity index (χ0v) is 14.4. The lowest BCUT2D eigenvalue weighted by molar-refractivity contribution is -0.137. The van der Waals surface area contributed by atoms with Crippen LogP contribution in [0.5, 0.6) is 5.75 Å². The number of imide groups is 2. The fraction of sp³-hybridized carbons (Fsp3) is 0.105. The van der Waals surface area contributed by atoms with Crippen LogP contribution in [0.3, 0.4) is 0 Å². The van der Waals surface area contributed by atoms with Crippen molar-refractivity contribution in [3.8, 4) is 5.75 Å². The van der Waals surface area contributed by atoms with Gasteiger partial charge in [-0.3, -0.25) is 14.9 Å². The molecule has 2 aromatic rings. The number of rotatable bonds is 3. The molecule has 1 fully saturated rings. The number of halogens is 3. The Morgan fingerprint density at radius 1 is 1.04 bits per heavy atom. The van der Waals surface area contributed by atoms with E-state index < -0.39 is 35.2 Å². The van der Waals surface area contributed by atoms with Crippen molar-refractivity contribution < 1.29 is 32.3 Å². The number of hydrogen-bond acceptors (Lipinski definition) is 4. The third kappa shape index (κ3) is 3.73. The highest BCUT2D eigenvalue weighted by Gasteiger charge is 2.37. The van der Waals surface area contributed by atoms with E-state index >= 15 is 0 Å². The molecule has 0 spiro atoms. The number of ether oxygens (including phenoxy) is 1. The number of benzene rings is 2. The molecule has 0 aliphatic carbocycles. The standard InChI is InChI=1S/C19H13F3N2O4/c1-28-14-7-5-13(6-8-14)24-17(26)15(16(25)23-18(24)27)10-11-3-2-4-12(9-11)19(20,21)22/h2-10H,1H3,(H,23,25,27). The van der Waals surface area contributed by atoms with E-state index in [1.807, 2.05) is 5.32 Å². The van der Waals surface area contributed by atoms with Crippen molar-refractivity contribution in [3.05, 3.63) is 65.2 Å². The number of urea groups is 1. The number of alkyl halides is 3. The first-order valence-electron chi connectivity index (χ1n) is 7.93. The summed E-state index contributed by atoms with van der Waals surface area (Å²) >= 11 is 0. The number of carbonyl (C=O) groups excluding carboxylic acids is 3. The van der Waals surface area contributed by atoms with E-state index in [-0.39, 0.29) is 11.3 Å². The van der Waals surface area contributed by atoms with E-state index in [0.717, 1.165) is 29.2 Å². The minimum Gasteiger partial charge on any atom is -0.497 e. The SMILES string of the molecule is COc1ccc(N2C(=O)NC(=O)C(=Cc3cccc(C(F)(F)F)c3)C2=O)cc1. The molecule has 4 amide bonds. The molecule has 0 unspecified atom stereocenters. The van der Waals surface area contributed by atoms with Crippen molar-refractivity contribution in [2.45, 2.75) is 6.18 Å². The molecule has 9 heteroatoms. The largest absolute Gasteiger partial charge is 0.497 e. The van der Waals surface area contributed by atoms with Crippen LogP contribution in [-0.4, -0.2) is 25.0 Å². The van der Waals surface area contributed by atoms with Gasteiger partial charge in [0.15, 0.2) is 0 Å². The van der Waals surface area contributed by atoms with Crippen LogP contribution in [0, 0.1) is 0 Å². The summed E-state index contributed by atoms with van der Waals surface area (Å²) in [6, 6.07) is 9.11. The Morgan fingerprint density at radius 3 is 2.32 bits per heavy atom. The summed E-state index contributed by atoms with van der Waals surface area (Å²) in [7, 11) is 1.45. The van der Waals surface area contributed by atoms with Crippen molar-refractivity contribution >= 4 is 29.6 Å². The molecule has 28 heavy (non-hydrogen) atoms. The first-order valence-corrected chi connectivity index (χ1v) is 7.93. The highest BCUT2D eigenvalue weighted by Crippen LogP contribution is 2.30. The maximum atomic E-state index is 12.9. The average molecular weight is 390 g/mol. The monoisotopic (exact) mass is 390 g/mol. The van der Waals surface area contributed by atoms with Gasteiger partial charge >= 0.3 is 12.2 Å². The lowest BCUT2D eigenvalue weighted by Crippen LogP contribution is -2.54. The van der Waals surface area contributed by atoms with Crippen LogP contribution in [0.2, 0.25) is 0 Å². The van der Waals surface area contributed by atoms with Gasteiger partial charge in [0.2, 0.25) is 0 Å². The van der Waals surface area contributed by atoms with E-state index in [1.165, 1.54) is 37.4 Å². The van der Waals surface area contributed by atoms with Crippen molar-refractivity contribution in [1.29, 1.82) is 0 Å². The van der Waals surface area contributed by atoms with E-state index in [9.17, 15) is 27.6 Å². The van der Waals surface area contributed by atoms with Crippen LogP contribution in [0.15, 0.2) is 54.1 Å². The van der Waals surface area contributed by atoms with Gasteiger partial charge in [0, 0.05) is 0 Å². The average Bonchev–Trinajstić information content (AvgIpc) is 2.65. The summed E-state index contributed by atoms with van der Waals surface area (Å²) in [5.74, 6) is -1.45. The van der Waals surface area contributed by atoms with Crippen LogP contribution in [0.1, 0.15) is 11.1 Å². The molecule has 0 radical (unpaired) electrons. The van der Waals surface area contributed by atoms with Gasteiger partial charge in [0.25, 0.3) is 11.8 Å². The quantitative estimate of drug-likeness (QED) is 0.644. The minimum absolute atomic E-state index is 0.00245. The molecule has 0 saturated carbocycles. The van der Waals surface area contributed by atoms with Gasteiger partial charge in [-0.15, -0.1) is 0 Å². The van der Waals surface area contributed by atoms with E-state index in [4.69, 9.17) is 4.74 Å². The Kier molecular flexibility index (Phi) is 4.91. The highest BCUT2D eigenvalue weighted by atomic mass is 19.4. The fourth-order valence-electron chi connectivity index (χ4n) is 2.59. The Hall–Kier alpha value is -3.62. The molecular weight excluding hydrogens is 377 g/mol. The van der Waals surface area contributed by atoms with Crippen LogP contribution < -0.4 is 15.0 Å². The lowest BCUT2D eigenvalue weighted by Gasteiger charge is -2.26. The first kappa shape index (κ1) is 19.2. The van der Waals surface area contributed by atoms with Gasteiger partial charge in [-0.25, -0.2) is 9.69 Å². The van der Waals surface area contributed by atoms with E-state index in [0.29, 0.717) is 5.75 Å². The number of nitrogens with zero attached hydrogens (tertiary/aromatic N) is 1. The molecule has 0 atom stereocenters. The normalized spacial score (nSPS) is 16.4. The number of carbonyl (C=O) groups is 3. The number of nitrogens with one attached hydrogen (secondary N) is 1. The smallest absolute Gasteiger partial charge is 0.416 e. The van der Waals surface area contributed by atoms with Crippen LogP contribution in [-0.2, 0) is 15.8 Å². The summed E-state index contributed by atoms with van der Waals surface area (Å²) < 4.78 is 43.6. The summed E-state index contributed by atoms with van der Waals surface area (Å²) in [6.45, 7) is 0. The predicted molar refractivity (Wildman–Crippen MR) is 93.4 cm³/mol. The van der Waals surface area contributed by atoms with Crippen molar-refractivity contribution in [3.63, 3.8) is 0 Å². The van der Waals surface area contributed by atoms with Crippen molar-refractivity contribution in [1.82, 2.24) is 5.32 Å². The molecule has 1 aliphatic rings. The van der Waals surface area contributed by atoms with Gasteiger partial charge in [0.1, 0.15) is 11.3 Å². The molecule has 1 aliphatic heterocycles. The van der Waals surface area contributed by atoms with Gasteiger partial charge in [-0.1, -0.05) is 12.1 Å². The second kappa shape index (κ2) is 7.18. The Balaban J connectivity index is 1.99. The molecular formula is C19H13F3N2O4. The Labute approximate surface area is 157 Å². The van der Waals surface area contributed by atoms with Gasteiger partial charge in [0.05, 0.1) is 18.4 Å². The molecule has 1 N–H and O–H groups in total. The molecule has 144 valence electrons. The van der Waals surface area contributed by atoms with Gasteiger partial charge in [-0.2, -0.15) is 13.2 Å². The van der Waals surface area contributed by atoms with Crippen molar-refractivity contribution in [2.75, 3.05) is 12.0 Å². The molecule has 2 aromatic carbocycles. The van der Waals surface area contributed by atoms with Gasteiger partial charge < -0.3 is 4.74 Å². The highest BCUT2D eigenvalue weighted by molar-refractivity contribution is 6.39. The van der Waals surface area contributed by atoms with Crippen molar-refractivity contribution in [2.24, 2.45) is 0 Å². The second-order valence-corrected chi connectivity index (χ2v) is 5.78. The molecule has 3 rings (SSSR count). The first-order chi connectivity index (χ1) is 13.2. The number of methoxy groups -OCH3 is 1. The summed E-state index contributed by atoms with van der Waals surface area (Å²) in [6.07, 6.45) is -3.56. The summed E-state index contributed by atoms with van der Waals surface area (Å²) in [5.41, 5.74) is -1.22. The number of anilines is 1. The molecule has 0 bridgehead atoms. The maximum absolute atomic E-state index is 12.9. The predicted octanol–water partition coefficient (Wildman–Crippen LogP) is 3.38. The molecule has 1 saturated heterocycles. The third-order valence-corrected chi connectivity index (χ3v) is 3.96.